The van der Waals surface area contributed by atoms with Crippen LogP contribution in [0.2, 0.25) is 10.0 Å². The summed E-state index contributed by atoms with van der Waals surface area (Å²) >= 11 is 12.5. The molecule has 0 bridgehead atoms. The van der Waals surface area contributed by atoms with Crippen LogP contribution >= 0.6 is 23.2 Å². The molecule has 3 rings (SSSR count). The van der Waals surface area contributed by atoms with Crippen LogP contribution in [0.15, 0.2) is 65.6 Å². The van der Waals surface area contributed by atoms with E-state index in [9.17, 15) is 18.0 Å². The number of nitrogens with zero attached hydrogens (tertiary/aromatic N) is 2. The minimum Gasteiger partial charge on any atom is -0.493 e. The van der Waals surface area contributed by atoms with Crippen molar-refractivity contribution in [3.8, 4) is 11.5 Å². The Labute approximate surface area is 263 Å². The standard InChI is InChI=1S/C31H37Cl2N3O6S/c1-20-8-13-25(14-9-20)43(39,40)36(24-12-15-27(41-6)28(17-24)42-7)19-29(37)35(21(2)30(38)34-31(3,4)5)18-22-10-11-23(32)16-26(22)33/h8-17,21H,18-19H2,1-7H3,(H,34,38)/t21-/m0/s1. The van der Waals surface area contributed by atoms with E-state index in [1.807, 2.05) is 27.7 Å². The van der Waals surface area contributed by atoms with E-state index < -0.39 is 40.0 Å². The van der Waals surface area contributed by atoms with Gasteiger partial charge in [0, 0.05) is 28.2 Å². The normalized spacial score (nSPS) is 12.3. The van der Waals surface area contributed by atoms with E-state index in [0.717, 1.165) is 9.87 Å². The van der Waals surface area contributed by atoms with Gasteiger partial charge in [0.15, 0.2) is 11.5 Å². The van der Waals surface area contributed by atoms with Gasteiger partial charge in [0.05, 0.1) is 24.8 Å². The number of rotatable bonds is 11. The molecule has 0 aliphatic rings. The second-order valence-electron chi connectivity index (χ2n) is 11.0. The van der Waals surface area contributed by atoms with Crippen LogP contribution in [0.1, 0.15) is 38.8 Å². The quantitative estimate of drug-likeness (QED) is 0.280. The van der Waals surface area contributed by atoms with Crippen LogP contribution in [0.4, 0.5) is 5.69 Å². The van der Waals surface area contributed by atoms with Crippen molar-refractivity contribution in [3.05, 3.63) is 81.8 Å². The first-order valence-electron chi connectivity index (χ1n) is 13.4. The number of methoxy groups -OCH3 is 2. The summed E-state index contributed by atoms with van der Waals surface area (Å²) in [6.45, 7) is 8.21. The van der Waals surface area contributed by atoms with Gasteiger partial charge in [-0.2, -0.15) is 0 Å². The largest absolute Gasteiger partial charge is 0.493 e. The van der Waals surface area contributed by atoms with Gasteiger partial charge in [0.1, 0.15) is 12.6 Å². The molecule has 0 unspecified atom stereocenters. The van der Waals surface area contributed by atoms with Crippen molar-refractivity contribution >= 4 is 50.7 Å². The summed E-state index contributed by atoms with van der Waals surface area (Å²) in [4.78, 5) is 28.7. The molecule has 0 fully saturated rings. The lowest BCUT2D eigenvalue weighted by Gasteiger charge is -2.33. The molecule has 0 saturated carbocycles. The van der Waals surface area contributed by atoms with Gasteiger partial charge in [-0.3, -0.25) is 13.9 Å². The first-order valence-corrected chi connectivity index (χ1v) is 15.6. The Balaban J connectivity index is 2.12. The maximum Gasteiger partial charge on any atom is 0.264 e. The molecule has 232 valence electrons. The Morgan fingerprint density at radius 1 is 0.930 bits per heavy atom. The lowest BCUT2D eigenvalue weighted by Crippen LogP contribution is -2.54. The fourth-order valence-electron chi connectivity index (χ4n) is 4.24. The third kappa shape index (κ3) is 8.55. The molecule has 0 heterocycles. The van der Waals surface area contributed by atoms with Gasteiger partial charge in [-0.15, -0.1) is 0 Å². The Kier molecular flexibility index (Phi) is 11.0. The summed E-state index contributed by atoms with van der Waals surface area (Å²) in [7, 11) is -1.37. The van der Waals surface area contributed by atoms with Gasteiger partial charge in [0.25, 0.3) is 10.0 Å². The number of amides is 2. The van der Waals surface area contributed by atoms with E-state index >= 15 is 0 Å². The number of benzene rings is 3. The molecular formula is C31H37Cl2N3O6S. The van der Waals surface area contributed by atoms with E-state index in [0.29, 0.717) is 21.4 Å². The topological polar surface area (TPSA) is 105 Å². The Morgan fingerprint density at radius 2 is 1.56 bits per heavy atom. The second kappa shape index (κ2) is 13.9. The molecule has 1 N–H and O–H groups in total. The zero-order valence-corrected chi connectivity index (χ0v) is 27.6. The highest BCUT2D eigenvalue weighted by atomic mass is 35.5. The summed E-state index contributed by atoms with van der Waals surface area (Å²) in [5.41, 5.74) is 1.01. The minimum atomic E-state index is -4.26. The number of halogens is 2. The van der Waals surface area contributed by atoms with Crippen LogP contribution in [-0.4, -0.2) is 57.5 Å². The average molecular weight is 651 g/mol. The molecule has 2 amide bonds. The van der Waals surface area contributed by atoms with E-state index in [-0.39, 0.29) is 22.9 Å². The summed E-state index contributed by atoms with van der Waals surface area (Å²) in [6, 6.07) is 14.7. The number of nitrogens with one attached hydrogen (secondary N) is 1. The highest BCUT2D eigenvalue weighted by molar-refractivity contribution is 7.92. The summed E-state index contributed by atoms with van der Waals surface area (Å²) in [6.07, 6.45) is 0. The number of carbonyl (C=O) groups is 2. The number of sulfonamides is 1. The first-order chi connectivity index (χ1) is 20.1. The molecule has 1 atom stereocenters. The number of hydrogen-bond acceptors (Lipinski definition) is 6. The lowest BCUT2D eigenvalue weighted by atomic mass is 10.1. The Bertz CT molecular complexity index is 1570. The minimum absolute atomic E-state index is 0.00787. The van der Waals surface area contributed by atoms with Crippen molar-refractivity contribution in [1.82, 2.24) is 10.2 Å². The van der Waals surface area contributed by atoms with E-state index in [1.54, 1.807) is 43.3 Å². The molecule has 9 nitrogen and oxygen atoms in total. The molecule has 0 aromatic heterocycles. The van der Waals surface area contributed by atoms with Gasteiger partial charge in [0.2, 0.25) is 11.8 Å². The molecule has 43 heavy (non-hydrogen) atoms. The molecule has 0 saturated heterocycles. The van der Waals surface area contributed by atoms with Gasteiger partial charge in [-0.05, 0) is 76.6 Å². The average Bonchev–Trinajstić information content (AvgIpc) is 2.94. The summed E-state index contributed by atoms with van der Waals surface area (Å²) in [5, 5.41) is 3.60. The van der Waals surface area contributed by atoms with Gasteiger partial charge in [-0.1, -0.05) is 47.0 Å². The molecule has 3 aromatic rings. The SMILES string of the molecule is COc1ccc(N(CC(=O)N(Cc2ccc(Cl)cc2Cl)[C@@H](C)C(=O)NC(C)(C)C)S(=O)(=O)c2ccc(C)cc2)cc1OC. The van der Waals surface area contributed by atoms with Crippen molar-refractivity contribution in [3.63, 3.8) is 0 Å². The number of hydrogen-bond donors (Lipinski definition) is 1. The van der Waals surface area contributed by atoms with Crippen LogP contribution in [0.3, 0.4) is 0 Å². The molecule has 0 aliphatic carbocycles. The Hall–Kier alpha value is -3.47. The third-order valence-corrected chi connectivity index (χ3v) is 8.94. The van der Waals surface area contributed by atoms with Crippen LogP contribution in [0.25, 0.3) is 0 Å². The highest BCUT2D eigenvalue weighted by Crippen LogP contribution is 2.34. The smallest absolute Gasteiger partial charge is 0.264 e. The molecule has 0 radical (unpaired) electrons. The van der Waals surface area contributed by atoms with Crippen molar-refractivity contribution in [2.24, 2.45) is 0 Å². The zero-order chi connectivity index (χ0) is 32.1. The lowest BCUT2D eigenvalue weighted by molar-refractivity contribution is -0.140. The molecular weight excluding hydrogens is 613 g/mol. The van der Waals surface area contributed by atoms with Gasteiger partial charge < -0.3 is 19.7 Å². The van der Waals surface area contributed by atoms with Crippen molar-refractivity contribution in [1.29, 1.82) is 0 Å². The fraction of sp³-hybridized carbons (Fsp3) is 0.355. The van der Waals surface area contributed by atoms with E-state index in [4.69, 9.17) is 32.7 Å². The van der Waals surface area contributed by atoms with Crippen molar-refractivity contribution in [2.75, 3.05) is 25.1 Å². The van der Waals surface area contributed by atoms with Crippen molar-refractivity contribution in [2.45, 2.75) is 57.6 Å². The first kappa shape index (κ1) is 34.0. The van der Waals surface area contributed by atoms with Crippen LogP contribution in [0, 0.1) is 6.92 Å². The molecule has 3 aromatic carbocycles. The second-order valence-corrected chi connectivity index (χ2v) is 13.7. The van der Waals surface area contributed by atoms with E-state index in [1.165, 1.54) is 43.4 Å². The van der Waals surface area contributed by atoms with Gasteiger partial charge >= 0.3 is 0 Å². The van der Waals surface area contributed by atoms with Crippen LogP contribution in [-0.2, 0) is 26.2 Å². The predicted molar refractivity (Wildman–Crippen MR) is 170 cm³/mol. The zero-order valence-electron chi connectivity index (χ0n) is 25.3. The monoisotopic (exact) mass is 649 g/mol. The van der Waals surface area contributed by atoms with Crippen LogP contribution < -0.4 is 19.1 Å². The van der Waals surface area contributed by atoms with Gasteiger partial charge in [-0.25, -0.2) is 8.42 Å². The van der Waals surface area contributed by atoms with E-state index in [2.05, 4.69) is 5.32 Å². The summed E-state index contributed by atoms with van der Waals surface area (Å²) < 4.78 is 39.9. The number of ether oxygens (including phenoxy) is 2. The predicted octanol–water partition coefficient (Wildman–Crippen LogP) is 5.85. The van der Waals surface area contributed by atoms with Crippen molar-refractivity contribution < 1.29 is 27.5 Å². The highest BCUT2D eigenvalue weighted by Gasteiger charge is 2.34. The molecule has 0 spiro atoms. The third-order valence-electron chi connectivity index (χ3n) is 6.56. The molecule has 0 aliphatic heterocycles. The number of carbonyl (C=O) groups excluding carboxylic acids is 2. The number of anilines is 1. The molecule has 12 heteroatoms. The maximum absolute atomic E-state index is 14.1. The summed E-state index contributed by atoms with van der Waals surface area (Å²) in [5.74, 6) is -0.380. The maximum atomic E-state index is 14.1. The number of aryl methyl sites for hydroxylation is 1. The fourth-order valence-corrected chi connectivity index (χ4v) is 6.11. The Morgan fingerprint density at radius 3 is 2.12 bits per heavy atom. The van der Waals surface area contributed by atoms with Crippen LogP contribution in [0.5, 0.6) is 11.5 Å².